The van der Waals surface area contributed by atoms with Crippen LogP contribution >= 0.6 is 0 Å². The summed E-state index contributed by atoms with van der Waals surface area (Å²) >= 11 is 0. The molecule has 100 valence electrons. The fourth-order valence-corrected chi connectivity index (χ4v) is 1.11. The predicted molar refractivity (Wildman–Crippen MR) is 55.8 cm³/mol. The number of carbonyl (C=O) groups excluding carboxylic acids is 1. The second-order valence-corrected chi connectivity index (χ2v) is 3.52. The number of rotatable bonds is 4. The Morgan fingerprint density at radius 1 is 1.44 bits per heavy atom. The third-order valence-corrected chi connectivity index (χ3v) is 2.09. The Bertz CT molecular complexity index is 452. The first-order valence-corrected chi connectivity index (χ1v) is 4.76. The number of nitrogens with two attached hydrogens (primary N) is 1. The Balaban J connectivity index is 2.75. The average Bonchev–Trinajstić information content (AvgIpc) is 2.29. The van der Waals surface area contributed by atoms with Gasteiger partial charge in [0.1, 0.15) is 5.75 Å². The van der Waals surface area contributed by atoms with Gasteiger partial charge in [0, 0.05) is 5.69 Å². The van der Waals surface area contributed by atoms with Crippen LogP contribution in [-0.2, 0) is 0 Å². The molecular formula is C10H10F4N2O2. The van der Waals surface area contributed by atoms with E-state index in [1.807, 2.05) is 0 Å². The molecule has 1 amide bonds. The van der Waals surface area contributed by atoms with Crippen molar-refractivity contribution in [2.24, 2.45) is 0 Å². The first kappa shape index (κ1) is 14.1. The maximum Gasteiger partial charge on any atom is 0.324 e. The maximum absolute atomic E-state index is 12.6. The lowest BCUT2D eigenvalue weighted by Gasteiger charge is -2.16. The molecular weight excluding hydrogens is 256 g/mol. The number of nitrogen functional groups attached to an aromatic ring is 1. The number of alkyl halides is 4. The topological polar surface area (TPSA) is 75.3 Å². The molecule has 4 nitrogen and oxygen atoms in total. The molecule has 0 bridgehead atoms. The zero-order valence-corrected chi connectivity index (χ0v) is 8.96. The van der Waals surface area contributed by atoms with Crippen LogP contribution in [0.5, 0.6) is 5.75 Å². The molecule has 0 radical (unpaired) electrons. The van der Waals surface area contributed by atoms with Gasteiger partial charge in [-0.15, -0.1) is 0 Å². The molecule has 0 atom stereocenters. The van der Waals surface area contributed by atoms with Gasteiger partial charge in [0.15, 0.2) is 0 Å². The summed E-state index contributed by atoms with van der Waals surface area (Å²) in [5.74, 6) is -5.68. The molecule has 4 N–H and O–H groups in total. The largest absolute Gasteiger partial charge is 0.508 e. The lowest BCUT2D eigenvalue weighted by molar-refractivity contribution is -0.123. The number of aromatic hydroxyl groups is 1. The van der Waals surface area contributed by atoms with Crippen LogP contribution in [0.3, 0.4) is 0 Å². The van der Waals surface area contributed by atoms with Gasteiger partial charge in [-0.1, -0.05) is 0 Å². The van der Waals surface area contributed by atoms with E-state index >= 15 is 0 Å². The summed E-state index contributed by atoms with van der Waals surface area (Å²) in [6.07, 6.45) is -3.88. The summed E-state index contributed by atoms with van der Waals surface area (Å²) < 4.78 is 48.8. The van der Waals surface area contributed by atoms with E-state index in [-0.39, 0.29) is 17.0 Å². The number of phenols is 1. The van der Waals surface area contributed by atoms with Gasteiger partial charge in [-0.05, 0) is 18.2 Å². The summed E-state index contributed by atoms with van der Waals surface area (Å²) in [6.45, 7) is -1.52. The van der Waals surface area contributed by atoms with Gasteiger partial charge in [0.05, 0.1) is 12.1 Å². The Kier molecular flexibility index (Phi) is 4.00. The Hall–Kier alpha value is -1.99. The smallest absolute Gasteiger partial charge is 0.324 e. The predicted octanol–water partition coefficient (Wildman–Crippen LogP) is 1.60. The second kappa shape index (κ2) is 5.11. The van der Waals surface area contributed by atoms with Gasteiger partial charge in [0.25, 0.3) is 5.91 Å². The molecule has 0 fully saturated rings. The third kappa shape index (κ3) is 3.25. The second-order valence-electron chi connectivity index (χ2n) is 3.52. The molecule has 8 heteroatoms. The minimum atomic E-state index is -4.32. The Morgan fingerprint density at radius 2 is 2.06 bits per heavy atom. The number of hydrogen-bond donors (Lipinski definition) is 3. The zero-order valence-electron chi connectivity index (χ0n) is 8.96. The van der Waals surface area contributed by atoms with Crippen molar-refractivity contribution >= 4 is 11.6 Å². The summed E-state index contributed by atoms with van der Waals surface area (Å²) in [4.78, 5) is 11.4. The molecule has 0 aromatic heterocycles. The quantitative estimate of drug-likeness (QED) is 0.440. The molecule has 0 saturated carbocycles. The molecule has 1 aromatic rings. The van der Waals surface area contributed by atoms with E-state index in [1.54, 1.807) is 5.32 Å². The fourth-order valence-electron chi connectivity index (χ4n) is 1.11. The molecule has 1 rings (SSSR count). The third-order valence-electron chi connectivity index (χ3n) is 2.09. The highest BCUT2D eigenvalue weighted by Gasteiger charge is 2.40. The van der Waals surface area contributed by atoms with Crippen molar-refractivity contribution in [2.75, 3.05) is 12.3 Å². The van der Waals surface area contributed by atoms with Crippen LogP contribution in [0.1, 0.15) is 10.4 Å². The Labute approximate surface area is 99.4 Å². The Morgan fingerprint density at radius 3 is 2.61 bits per heavy atom. The summed E-state index contributed by atoms with van der Waals surface area (Å²) in [6, 6.07) is 3.33. The molecule has 0 spiro atoms. The monoisotopic (exact) mass is 266 g/mol. The number of anilines is 1. The fraction of sp³-hybridized carbons (Fsp3) is 0.300. The zero-order chi connectivity index (χ0) is 13.9. The minimum Gasteiger partial charge on any atom is -0.508 e. The number of benzene rings is 1. The van der Waals surface area contributed by atoms with Crippen molar-refractivity contribution in [2.45, 2.75) is 12.3 Å². The number of halogens is 4. The van der Waals surface area contributed by atoms with E-state index in [2.05, 4.69) is 0 Å². The van der Waals surface area contributed by atoms with Crippen LogP contribution in [-0.4, -0.2) is 29.9 Å². The SMILES string of the molecule is Nc1ccc(O)cc1C(=O)NCC(F)(F)C(F)F. The first-order valence-electron chi connectivity index (χ1n) is 4.76. The lowest BCUT2D eigenvalue weighted by Crippen LogP contribution is -2.41. The van der Waals surface area contributed by atoms with Crippen LogP contribution < -0.4 is 11.1 Å². The molecule has 0 saturated heterocycles. The van der Waals surface area contributed by atoms with E-state index in [0.29, 0.717) is 0 Å². The number of carbonyl (C=O) groups is 1. The number of amides is 1. The van der Waals surface area contributed by atoms with Crippen LogP contribution in [0.4, 0.5) is 23.2 Å². The van der Waals surface area contributed by atoms with Crippen molar-refractivity contribution in [3.63, 3.8) is 0 Å². The molecule has 1 aromatic carbocycles. The standard InChI is InChI=1S/C10H10F4N2O2/c11-9(12)10(13,14)4-16-8(18)6-3-5(17)1-2-7(6)15/h1-3,9,17H,4,15H2,(H,16,18). The van der Waals surface area contributed by atoms with Crippen LogP contribution in [0.25, 0.3) is 0 Å². The van der Waals surface area contributed by atoms with Crippen molar-refractivity contribution in [3.05, 3.63) is 23.8 Å². The highest BCUT2D eigenvalue weighted by Crippen LogP contribution is 2.22. The molecule has 0 heterocycles. The average molecular weight is 266 g/mol. The van der Waals surface area contributed by atoms with E-state index < -0.39 is 24.8 Å². The van der Waals surface area contributed by atoms with Crippen molar-refractivity contribution in [1.29, 1.82) is 0 Å². The molecule has 0 aliphatic carbocycles. The van der Waals surface area contributed by atoms with Gasteiger partial charge in [0.2, 0.25) is 0 Å². The normalized spacial score (nSPS) is 11.6. The van der Waals surface area contributed by atoms with Gasteiger partial charge in [-0.25, -0.2) is 8.78 Å². The van der Waals surface area contributed by atoms with E-state index in [1.165, 1.54) is 12.1 Å². The summed E-state index contributed by atoms with van der Waals surface area (Å²) in [7, 11) is 0. The van der Waals surface area contributed by atoms with Crippen LogP contribution in [0.15, 0.2) is 18.2 Å². The number of phenolic OH excluding ortho intramolecular Hbond substituents is 1. The minimum absolute atomic E-state index is 0.0642. The summed E-state index contributed by atoms with van der Waals surface area (Å²) in [5, 5.41) is 10.7. The van der Waals surface area contributed by atoms with Gasteiger partial charge >= 0.3 is 12.3 Å². The number of nitrogens with one attached hydrogen (secondary N) is 1. The van der Waals surface area contributed by atoms with Gasteiger partial charge in [-0.3, -0.25) is 4.79 Å². The van der Waals surface area contributed by atoms with Crippen molar-refractivity contribution < 1.29 is 27.5 Å². The van der Waals surface area contributed by atoms with Crippen molar-refractivity contribution in [1.82, 2.24) is 5.32 Å². The van der Waals surface area contributed by atoms with Crippen LogP contribution in [0.2, 0.25) is 0 Å². The molecule has 18 heavy (non-hydrogen) atoms. The van der Waals surface area contributed by atoms with E-state index in [4.69, 9.17) is 10.8 Å². The molecule has 0 aliphatic rings. The summed E-state index contributed by atoms with van der Waals surface area (Å²) in [5.41, 5.74) is 5.05. The van der Waals surface area contributed by atoms with Crippen LogP contribution in [0, 0.1) is 0 Å². The van der Waals surface area contributed by atoms with Crippen molar-refractivity contribution in [3.8, 4) is 5.75 Å². The number of hydrogen-bond acceptors (Lipinski definition) is 3. The molecule has 0 aliphatic heterocycles. The maximum atomic E-state index is 12.6. The van der Waals surface area contributed by atoms with Gasteiger partial charge < -0.3 is 16.2 Å². The highest BCUT2D eigenvalue weighted by atomic mass is 19.3. The van der Waals surface area contributed by atoms with E-state index in [9.17, 15) is 22.4 Å². The lowest BCUT2D eigenvalue weighted by atomic mass is 10.1. The van der Waals surface area contributed by atoms with Gasteiger partial charge in [-0.2, -0.15) is 8.78 Å². The first-order chi connectivity index (χ1) is 8.24. The van der Waals surface area contributed by atoms with E-state index in [0.717, 1.165) is 6.07 Å². The molecule has 0 unspecified atom stereocenters. The highest BCUT2D eigenvalue weighted by molar-refractivity contribution is 5.99.